The van der Waals surface area contributed by atoms with E-state index in [9.17, 15) is 9.18 Å². The second-order valence-electron chi connectivity index (χ2n) is 6.36. The Morgan fingerprint density at radius 2 is 2.04 bits per heavy atom. The van der Waals surface area contributed by atoms with Crippen molar-refractivity contribution in [2.75, 3.05) is 11.9 Å². The highest BCUT2D eigenvalue weighted by Gasteiger charge is 2.30. The fourth-order valence-corrected chi connectivity index (χ4v) is 4.19. The SMILES string of the molecule is O=C(CN(Cc1ccsc1)C1CC1)Nc1nc(-c2ccc(F)cc2)cs1. The predicted molar refractivity (Wildman–Crippen MR) is 104 cm³/mol. The van der Waals surface area contributed by atoms with E-state index < -0.39 is 0 Å². The van der Waals surface area contributed by atoms with E-state index in [4.69, 9.17) is 0 Å². The number of carbonyl (C=O) groups excluding carboxylic acids is 1. The molecular formula is C19H18FN3OS2. The molecule has 7 heteroatoms. The summed E-state index contributed by atoms with van der Waals surface area (Å²) in [6.07, 6.45) is 2.31. The molecule has 134 valence electrons. The minimum atomic E-state index is -0.275. The maximum Gasteiger partial charge on any atom is 0.240 e. The summed E-state index contributed by atoms with van der Waals surface area (Å²) in [6.45, 7) is 1.17. The number of hydrogen-bond donors (Lipinski definition) is 1. The first-order chi connectivity index (χ1) is 12.7. The van der Waals surface area contributed by atoms with Crippen LogP contribution in [0.3, 0.4) is 0 Å². The van der Waals surface area contributed by atoms with Crippen LogP contribution in [0.2, 0.25) is 0 Å². The fraction of sp³-hybridized carbons (Fsp3) is 0.263. The molecule has 2 aromatic heterocycles. The highest BCUT2D eigenvalue weighted by Crippen LogP contribution is 2.29. The molecule has 2 heterocycles. The van der Waals surface area contributed by atoms with Gasteiger partial charge in [-0.25, -0.2) is 9.37 Å². The van der Waals surface area contributed by atoms with Gasteiger partial charge in [0.05, 0.1) is 12.2 Å². The Bertz CT molecular complexity index is 873. The lowest BCUT2D eigenvalue weighted by Crippen LogP contribution is -2.34. The van der Waals surface area contributed by atoms with Crippen molar-refractivity contribution in [3.63, 3.8) is 0 Å². The van der Waals surface area contributed by atoms with Gasteiger partial charge in [0, 0.05) is 23.5 Å². The molecule has 0 saturated heterocycles. The van der Waals surface area contributed by atoms with Gasteiger partial charge in [-0.3, -0.25) is 9.69 Å². The normalized spacial score (nSPS) is 13.9. The maximum atomic E-state index is 13.0. The summed E-state index contributed by atoms with van der Waals surface area (Å²) in [5, 5.41) is 9.52. The van der Waals surface area contributed by atoms with E-state index in [2.05, 4.69) is 32.0 Å². The van der Waals surface area contributed by atoms with E-state index in [1.807, 2.05) is 5.38 Å². The Morgan fingerprint density at radius 1 is 1.23 bits per heavy atom. The number of thiophene rings is 1. The Morgan fingerprint density at radius 3 is 2.73 bits per heavy atom. The number of amides is 1. The van der Waals surface area contributed by atoms with E-state index in [0.29, 0.717) is 17.7 Å². The van der Waals surface area contributed by atoms with Crippen LogP contribution in [0.1, 0.15) is 18.4 Å². The van der Waals surface area contributed by atoms with Crippen molar-refractivity contribution in [2.45, 2.75) is 25.4 Å². The predicted octanol–water partition coefficient (Wildman–Crippen LogP) is 4.61. The summed E-state index contributed by atoms with van der Waals surface area (Å²) in [4.78, 5) is 19.1. The molecule has 3 aromatic rings. The van der Waals surface area contributed by atoms with Crippen LogP contribution in [0.25, 0.3) is 11.3 Å². The van der Waals surface area contributed by atoms with Crippen molar-refractivity contribution in [1.82, 2.24) is 9.88 Å². The molecule has 1 aliphatic carbocycles. The van der Waals surface area contributed by atoms with Crippen LogP contribution in [0.4, 0.5) is 9.52 Å². The summed E-state index contributed by atoms with van der Waals surface area (Å²) in [5.41, 5.74) is 2.82. The third-order valence-electron chi connectivity index (χ3n) is 4.27. The standard InChI is InChI=1S/C19H18FN3OS2/c20-15-3-1-14(2-4-15)17-12-26-19(21-17)22-18(24)10-23(16-5-6-16)9-13-7-8-25-11-13/h1-4,7-8,11-12,16H,5-6,9-10H2,(H,21,22,24). The third-order valence-corrected chi connectivity index (χ3v) is 5.76. The van der Waals surface area contributed by atoms with Crippen molar-refractivity contribution in [3.8, 4) is 11.3 Å². The van der Waals surface area contributed by atoms with E-state index in [-0.39, 0.29) is 11.7 Å². The number of halogens is 1. The third kappa shape index (κ3) is 4.35. The minimum Gasteiger partial charge on any atom is -0.301 e. The molecule has 0 atom stereocenters. The largest absolute Gasteiger partial charge is 0.301 e. The molecular weight excluding hydrogens is 369 g/mol. The minimum absolute atomic E-state index is 0.0489. The molecule has 1 amide bonds. The Hall–Kier alpha value is -2.09. The second-order valence-corrected chi connectivity index (χ2v) is 8.00. The Kier molecular flexibility index (Phi) is 5.10. The molecule has 1 aliphatic rings. The molecule has 0 radical (unpaired) electrons. The van der Waals surface area contributed by atoms with Crippen molar-refractivity contribution in [2.24, 2.45) is 0 Å². The van der Waals surface area contributed by atoms with E-state index in [1.165, 1.54) is 29.0 Å². The van der Waals surface area contributed by atoms with Gasteiger partial charge in [0.25, 0.3) is 0 Å². The second kappa shape index (κ2) is 7.65. The molecule has 0 spiro atoms. The number of aromatic nitrogens is 1. The lowest BCUT2D eigenvalue weighted by Gasteiger charge is -2.20. The Balaban J connectivity index is 1.37. The van der Waals surface area contributed by atoms with Crippen LogP contribution in [0.15, 0.2) is 46.5 Å². The average molecular weight is 388 g/mol. The number of anilines is 1. The van der Waals surface area contributed by atoms with E-state index in [0.717, 1.165) is 30.6 Å². The number of carbonyl (C=O) groups is 1. The summed E-state index contributed by atoms with van der Waals surface area (Å²) >= 11 is 3.06. The summed E-state index contributed by atoms with van der Waals surface area (Å²) < 4.78 is 13.0. The van der Waals surface area contributed by atoms with Crippen LogP contribution >= 0.6 is 22.7 Å². The number of thiazole rings is 1. The number of hydrogen-bond acceptors (Lipinski definition) is 5. The first kappa shape index (κ1) is 17.3. The molecule has 1 fully saturated rings. The first-order valence-corrected chi connectivity index (χ1v) is 10.3. The average Bonchev–Trinajstić information content (AvgIpc) is 3.16. The van der Waals surface area contributed by atoms with Crippen LogP contribution in [-0.2, 0) is 11.3 Å². The van der Waals surface area contributed by atoms with Gasteiger partial charge in [0.2, 0.25) is 5.91 Å². The Labute approximate surface area is 159 Å². The van der Waals surface area contributed by atoms with Crippen molar-refractivity contribution >= 4 is 33.7 Å². The van der Waals surface area contributed by atoms with E-state index in [1.54, 1.807) is 23.5 Å². The molecule has 4 nitrogen and oxygen atoms in total. The molecule has 4 rings (SSSR count). The van der Waals surface area contributed by atoms with Gasteiger partial charge >= 0.3 is 0 Å². The van der Waals surface area contributed by atoms with Crippen LogP contribution in [0.5, 0.6) is 0 Å². The highest BCUT2D eigenvalue weighted by atomic mass is 32.1. The number of nitrogens with one attached hydrogen (secondary N) is 1. The molecule has 1 N–H and O–H groups in total. The number of nitrogens with zero attached hydrogens (tertiary/aromatic N) is 2. The zero-order valence-electron chi connectivity index (χ0n) is 14.0. The maximum absolute atomic E-state index is 13.0. The highest BCUT2D eigenvalue weighted by molar-refractivity contribution is 7.14. The fourth-order valence-electron chi connectivity index (χ4n) is 2.80. The topological polar surface area (TPSA) is 45.2 Å². The lowest BCUT2D eigenvalue weighted by molar-refractivity contribution is -0.117. The van der Waals surface area contributed by atoms with Gasteiger partial charge in [-0.1, -0.05) is 0 Å². The monoisotopic (exact) mass is 387 g/mol. The van der Waals surface area contributed by atoms with Gasteiger partial charge in [-0.2, -0.15) is 11.3 Å². The summed E-state index contributed by atoms with van der Waals surface area (Å²) in [5.74, 6) is -0.324. The van der Waals surface area contributed by atoms with Gasteiger partial charge < -0.3 is 5.32 Å². The van der Waals surface area contributed by atoms with Gasteiger partial charge in [0.15, 0.2) is 5.13 Å². The summed E-state index contributed by atoms with van der Waals surface area (Å²) in [7, 11) is 0. The zero-order chi connectivity index (χ0) is 17.9. The molecule has 0 unspecified atom stereocenters. The summed E-state index contributed by atoms with van der Waals surface area (Å²) in [6, 6.07) is 8.80. The van der Waals surface area contributed by atoms with Crippen LogP contribution in [0, 0.1) is 5.82 Å². The quantitative estimate of drug-likeness (QED) is 0.644. The molecule has 26 heavy (non-hydrogen) atoms. The lowest BCUT2D eigenvalue weighted by atomic mass is 10.2. The molecule has 0 aliphatic heterocycles. The van der Waals surface area contributed by atoms with Crippen LogP contribution in [-0.4, -0.2) is 28.4 Å². The first-order valence-electron chi connectivity index (χ1n) is 8.44. The molecule has 1 saturated carbocycles. The molecule has 0 bridgehead atoms. The van der Waals surface area contributed by atoms with Gasteiger partial charge in [-0.15, -0.1) is 11.3 Å². The number of benzene rings is 1. The van der Waals surface area contributed by atoms with Gasteiger partial charge in [-0.05, 0) is 59.5 Å². The van der Waals surface area contributed by atoms with Crippen molar-refractivity contribution in [3.05, 3.63) is 57.9 Å². The molecule has 1 aromatic carbocycles. The smallest absolute Gasteiger partial charge is 0.240 e. The van der Waals surface area contributed by atoms with Crippen molar-refractivity contribution < 1.29 is 9.18 Å². The number of rotatable bonds is 7. The van der Waals surface area contributed by atoms with Crippen LogP contribution < -0.4 is 5.32 Å². The zero-order valence-corrected chi connectivity index (χ0v) is 15.7. The van der Waals surface area contributed by atoms with Crippen molar-refractivity contribution in [1.29, 1.82) is 0 Å². The van der Waals surface area contributed by atoms with Gasteiger partial charge in [0.1, 0.15) is 5.82 Å². The van der Waals surface area contributed by atoms with E-state index >= 15 is 0 Å².